The van der Waals surface area contributed by atoms with Crippen molar-refractivity contribution in [2.45, 2.75) is 25.8 Å². The van der Waals surface area contributed by atoms with E-state index < -0.39 is 0 Å². The van der Waals surface area contributed by atoms with Crippen LogP contribution < -0.4 is 10.6 Å². The number of likely N-dealkylation sites (tertiary alicyclic amines) is 1. The maximum atomic E-state index is 14.5. The normalized spacial score (nSPS) is 18.0. The average molecular weight is 462 g/mol. The molecular weight excluding hydrogens is 429 g/mol. The number of aromatic amines is 1. The second-order valence-corrected chi connectivity index (χ2v) is 9.12. The van der Waals surface area contributed by atoms with E-state index in [2.05, 4.69) is 43.7 Å². The largest absolute Gasteiger partial charge is 0.383 e. The van der Waals surface area contributed by atoms with Gasteiger partial charge in [-0.2, -0.15) is 0 Å². The topological polar surface area (TPSA) is 65.2 Å². The number of piperidine rings is 1. The molecule has 2 aliphatic rings. The molecule has 6 nitrogen and oxygen atoms in total. The lowest BCUT2D eigenvalue weighted by Crippen LogP contribution is -2.40. The van der Waals surface area contributed by atoms with Gasteiger partial charge in [0.05, 0.1) is 6.61 Å². The lowest BCUT2D eigenvalue weighted by atomic mass is 9.94. The number of aromatic nitrogens is 2. The van der Waals surface area contributed by atoms with Gasteiger partial charge in [0.1, 0.15) is 11.6 Å². The molecule has 0 bridgehead atoms. The quantitative estimate of drug-likeness (QED) is 0.473. The molecule has 34 heavy (non-hydrogen) atoms. The summed E-state index contributed by atoms with van der Waals surface area (Å²) in [4.78, 5) is 10.2. The van der Waals surface area contributed by atoms with Crippen LogP contribution >= 0.6 is 0 Å². The van der Waals surface area contributed by atoms with Gasteiger partial charge in [0.15, 0.2) is 0 Å². The molecule has 1 aromatic heterocycles. The molecule has 2 aliphatic heterocycles. The number of anilines is 2. The number of nitrogens with one attached hydrogen (secondary N) is 3. The first-order valence-corrected chi connectivity index (χ1v) is 12.0. The van der Waals surface area contributed by atoms with Crippen molar-refractivity contribution in [3.8, 4) is 0 Å². The number of aryl methyl sites for hydroxylation is 1. The molecule has 0 aliphatic carbocycles. The molecule has 3 heterocycles. The van der Waals surface area contributed by atoms with Gasteiger partial charge >= 0.3 is 0 Å². The van der Waals surface area contributed by atoms with Gasteiger partial charge in [0.2, 0.25) is 0 Å². The Balaban J connectivity index is 1.43. The lowest BCUT2D eigenvalue weighted by Gasteiger charge is -2.32. The van der Waals surface area contributed by atoms with E-state index in [1.807, 2.05) is 12.1 Å². The smallest absolute Gasteiger partial charge is 0.138 e. The summed E-state index contributed by atoms with van der Waals surface area (Å²) >= 11 is 0. The van der Waals surface area contributed by atoms with Crippen LogP contribution in [0.2, 0.25) is 0 Å². The number of fused-ring (bicyclic) bond motifs is 1. The maximum Gasteiger partial charge on any atom is 0.138 e. The summed E-state index contributed by atoms with van der Waals surface area (Å²) in [5.74, 6) is 0.537. The molecule has 0 atom stereocenters. The number of halogens is 1. The highest BCUT2D eigenvalue weighted by atomic mass is 19.1. The number of H-pyrrole nitrogens is 1. The zero-order valence-corrected chi connectivity index (χ0v) is 19.8. The minimum atomic E-state index is -0.208. The number of hydrogen-bond donors (Lipinski definition) is 3. The summed E-state index contributed by atoms with van der Waals surface area (Å²) in [6.07, 6.45) is 5.77. The molecule has 178 valence electrons. The highest BCUT2D eigenvalue weighted by Gasteiger charge is 2.24. The van der Waals surface area contributed by atoms with Crippen LogP contribution in [0.1, 0.15) is 35.4 Å². The van der Waals surface area contributed by atoms with Crippen LogP contribution in [0.5, 0.6) is 0 Å². The first-order valence-electron chi connectivity index (χ1n) is 12.0. The molecule has 1 saturated heterocycles. The second-order valence-electron chi connectivity index (χ2n) is 9.12. The number of rotatable bonds is 7. The average Bonchev–Trinajstić information content (AvgIpc) is 3.52. The Morgan fingerprint density at radius 3 is 2.79 bits per heavy atom. The van der Waals surface area contributed by atoms with E-state index in [4.69, 9.17) is 4.74 Å². The summed E-state index contributed by atoms with van der Waals surface area (Å²) in [6, 6.07) is 12.4. The van der Waals surface area contributed by atoms with Gasteiger partial charge < -0.3 is 25.3 Å². The number of methoxy groups -OCH3 is 1. The predicted octanol–water partition coefficient (Wildman–Crippen LogP) is 4.76. The van der Waals surface area contributed by atoms with Crippen molar-refractivity contribution in [2.75, 3.05) is 50.5 Å². The van der Waals surface area contributed by atoms with Crippen LogP contribution in [0, 0.1) is 12.7 Å². The third-order valence-electron chi connectivity index (χ3n) is 6.87. The molecule has 5 rings (SSSR count). The van der Waals surface area contributed by atoms with E-state index in [0.29, 0.717) is 18.2 Å². The Labute approximate surface area is 200 Å². The van der Waals surface area contributed by atoms with Gasteiger partial charge in [0, 0.05) is 74.2 Å². The summed E-state index contributed by atoms with van der Waals surface area (Å²) in [5, 5.41) is 7.25. The van der Waals surface area contributed by atoms with E-state index in [1.54, 1.807) is 32.5 Å². The SMILES string of the molecule is COCCN1CCC(Nc2ccc3c(c2)C(=C(c2ccc(C)c(F)c2)c2ncc[nH]2)CN3)CC1. The number of hydrogen-bond acceptors (Lipinski definition) is 5. The molecule has 0 spiro atoms. The lowest BCUT2D eigenvalue weighted by molar-refractivity contribution is 0.132. The van der Waals surface area contributed by atoms with Gasteiger partial charge in [0.25, 0.3) is 0 Å². The summed E-state index contributed by atoms with van der Waals surface area (Å²) < 4.78 is 19.7. The fraction of sp³-hybridized carbons (Fsp3) is 0.370. The van der Waals surface area contributed by atoms with E-state index in [1.165, 1.54) is 0 Å². The zero-order chi connectivity index (χ0) is 23.5. The van der Waals surface area contributed by atoms with E-state index in [-0.39, 0.29) is 5.82 Å². The number of imidazole rings is 1. The monoisotopic (exact) mass is 461 g/mol. The van der Waals surface area contributed by atoms with Gasteiger partial charge in [-0.05, 0) is 60.7 Å². The maximum absolute atomic E-state index is 14.5. The third-order valence-corrected chi connectivity index (χ3v) is 6.87. The first-order chi connectivity index (χ1) is 16.6. The van der Waals surface area contributed by atoms with Crippen molar-refractivity contribution in [1.82, 2.24) is 14.9 Å². The molecule has 2 aromatic carbocycles. The first kappa shape index (κ1) is 22.6. The predicted molar refractivity (Wildman–Crippen MR) is 136 cm³/mol. The second kappa shape index (κ2) is 9.99. The summed E-state index contributed by atoms with van der Waals surface area (Å²) in [5.41, 5.74) is 6.84. The van der Waals surface area contributed by atoms with Gasteiger partial charge in [-0.15, -0.1) is 0 Å². The van der Waals surface area contributed by atoms with Crippen LogP contribution in [-0.4, -0.2) is 60.8 Å². The highest BCUT2D eigenvalue weighted by Crippen LogP contribution is 2.40. The van der Waals surface area contributed by atoms with Crippen molar-refractivity contribution in [1.29, 1.82) is 0 Å². The fourth-order valence-electron chi connectivity index (χ4n) is 4.90. The molecule has 1 fully saturated rings. The van der Waals surface area contributed by atoms with Gasteiger partial charge in [-0.3, -0.25) is 0 Å². The Morgan fingerprint density at radius 2 is 2.06 bits per heavy atom. The number of ether oxygens (including phenoxy) is 1. The molecule has 3 aromatic rings. The molecule has 0 amide bonds. The van der Waals surface area contributed by atoms with Crippen LogP contribution in [0.3, 0.4) is 0 Å². The molecule has 0 unspecified atom stereocenters. The van der Waals surface area contributed by atoms with E-state index in [0.717, 1.165) is 78.6 Å². The van der Waals surface area contributed by atoms with Crippen molar-refractivity contribution in [2.24, 2.45) is 0 Å². The minimum Gasteiger partial charge on any atom is -0.383 e. The Hall–Kier alpha value is -3.16. The zero-order valence-electron chi connectivity index (χ0n) is 19.8. The fourth-order valence-corrected chi connectivity index (χ4v) is 4.90. The van der Waals surface area contributed by atoms with Gasteiger partial charge in [-0.1, -0.05) is 12.1 Å². The summed E-state index contributed by atoms with van der Waals surface area (Å²) in [7, 11) is 1.76. The van der Waals surface area contributed by atoms with Gasteiger partial charge in [-0.25, -0.2) is 9.37 Å². The van der Waals surface area contributed by atoms with E-state index in [9.17, 15) is 4.39 Å². The van der Waals surface area contributed by atoms with Crippen LogP contribution in [0.4, 0.5) is 15.8 Å². The molecule has 3 N–H and O–H groups in total. The molecule has 0 saturated carbocycles. The Kier molecular flexibility index (Phi) is 6.65. The summed E-state index contributed by atoms with van der Waals surface area (Å²) in [6.45, 7) is 6.40. The Morgan fingerprint density at radius 1 is 1.21 bits per heavy atom. The number of benzene rings is 2. The van der Waals surface area contributed by atoms with Crippen LogP contribution in [0.25, 0.3) is 11.1 Å². The van der Waals surface area contributed by atoms with Crippen molar-refractivity contribution >= 4 is 22.5 Å². The van der Waals surface area contributed by atoms with Crippen molar-refractivity contribution in [3.05, 3.63) is 77.1 Å². The minimum absolute atomic E-state index is 0.208. The molecular formula is C27H32FN5O. The highest BCUT2D eigenvalue weighted by molar-refractivity contribution is 6.03. The van der Waals surface area contributed by atoms with Crippen molar-refractivity contribution in [3.63, 3.8) is 0 Å². The molecule has 7 heteroatoms. The van der Waals surface area contributed by atoms with Crippen LogP contribution in [-0.2, 0) is 4.74 Å². The third kappa shape index (κ3) is 4.72. The van der Waals surface area contributed by atoms with E-state index >= 15 is 0 Å². The standard InChI is InChI=1S/C27H32FN5O/c1-18-3-4-19(15-24(18)28)26(27-29-9-10-30-27)23-17-31-25-6-5-21(16-22(23)25)32-20-7-11-33(12-8-20)13-14-34-2/h3-6,9-10,15-16,20,31-32H,7-8,11-14,17H2,1-2H3,(H,29,30). The van der Waals surface area contributed by atoms with Crippen LogP contribution in [0.15, 0.2) is 48.8 Å². The molecule has 0 radical (unpaired) electrons. The van der Waals surface area contributed by atoms with Crippen molar-refractivity contribution < 1.29 is 9.13 Å². The Bertz CT molecular complexity index is 1170. The number of nitrogens with zero attached hydrogens (tertiary/aromatic N) is 2.